The van der Waals surface area contributed by atoms with Gasteiger partial charge in [-0.15, -0.1) is 0 Å². The van der Waals surface area contributed by atoms with E-state index in [1.807, 2.05) is 29.3 Å². The first-order valence-electron chi connectivity index (χ1n) is 8.48. The van der Waals surface area contributed by atoms with Gasteiger partial charge in [0.25, 0.3) is 0 Å². The molecule has 1 unspecified atom stereocenters. The van der Waals surface area contributed by atoms with Crippen molar-refractivity contribution in [3.8, 4) is 0 Å². The number of aliphatic hydroxyl groups is 1. The second-order valence-electron chi connectivity index (χ2n) is 6.22. The molecule has 122 valence electrons. The van der Waals surface area contributed by atoms with Gasteiger partial charge in [-0.1, -0.05) is 74.0 Å². The molecule has 2 aromatic rings. The minimum Gasteiger partial charge on any atom is -0.390 e. The lowest BCUT2D eigenvalue weighted by Crippen LogP contribution is -2.28. The minimum atomic E-state index is -0.396. The Labute approximate surface area is 138 Å². The first kappa shape index (κ1) is 16.2. The summed E-state index contributed by atoms with van der Waals surface area (Å²) in [5.74, 6) is 0. The van der Waals surface area contributed by atoms with E-state index in [0.717, 1.165) is 25.8 Å². The van der Waals surface area contributed by atoms with Crippen molar-refractivity contribution in [3.05, 3.63) is 71.8 Å². The Kier molecular flexibility index (Phi) is 5.44. The van der Waals surface area contributed by atoms with E-state index in [1.165, 1.54) is 11.1 Å². The van der Waals surface area contributed by atoms with Crippen LogP contribution in [0.2, 0.25) is 0 Å². The Hall–Kier alpha value is -1.68. The third-order valence-corrected chi connectivity index (χ3v) is 4.45. The molecular formula is C20H25NO2. The quantitative estimate of drug-likeness (QED) is 0.872. The van der Waals surface area contributed by atoms with E-state index in [-0.39, 0.29) is 12.1 Å². The molecule has 3 atom stereocenters. The summed E-state index contributed by atoms with van der Waals surface area (Å²) in [5, 5.41) is 12.4. The SMILES string of the molecule is CCCC(O)[C@@H]1C[C@H](c2ccccc2)N(Cc2ccccc2)O1. The molecule has 0 aromatic heterocycles. The van der Waals surface area contributed by atoms with Gasteiger partial charge in [0.05, 0.1) is 12.1 Å². The molecule has 1 aliphatic rings. The van der Waals surface area contributed by atoms with E-state index in [2.05, 4.69) is 43.3 Å². The van der Waals surface area contributed by atoms with Gasteiger partial charge in [-0.3, -0.25) is 4.84 Å². The first-order chi connectivity index (χ1) is 11.3. The number of rotatable bonds is 6. The number of hydrogen-bond acceptors (Lipinski definition) is 3. The number of aliphatic hydroxyl groups excluding tert-OH is 1. The summed E-state index contributed by atoms with van der Waals surface area (Å²) < 4.78 is 0. The van der Waals surface area contributed by atoms with Gasteiger partial charge >= 0.3 is 0 Å². The van der Waals surface area contributed by atoms with Gasteiger partial charge < -0.3 is 5.11 Å². The molecule has 1 saturated heterocycles. The zero-order valence-electron chi connectivity index (χ0n) is 13.6. The third kappa shape index (κ3) is 3.99. The normalized spacial score (nSPS) is 23.0. The summed E-state index contributed by atoms with van der Waals surface area (Å²) in [6.45, 7) is 2.82. The second kappa shape index (κ2) is 7.73. The molecule has 3 nitrogen and oxygen atoms in total. The van der Waals surface area contributed by atoms with Crippen molar-refractivity contribution in [1.29, 1.82) is 0 Å². The highest BCUT2D eigenvalue weighted by molar-refractivity contribution is 5.21. The molecule has 0 spiro atoms. The predicted molar refractivity (Wildman–Crippen MR) is 91.6 cm³/mol. The van der Waals surface area contributed by atoms with E-state index in [4.69, 9.17) is 4.84 Å². The van der Waals surface area contributed by atoms with Gasteiger partial charge in [-0.25, -0.2) is 0 Å². The van der Waals surface area contributed by atoms with Crippen LogP contribution in [0, 0.1) is 0 Å². The Bertz CT molecular complexity index is 587. The summed E-state index contributed by atoms with van der Waals surface area (Å²) in [5.41, 5.74) is 2.47. The molecular weight excluding hydrogens is 286 g/mol. The Morgan fingerprint density at radius 3 is 2.39 bits per heavy atom. The van der Waals surface area contributed by atoms with Gasteiger partial charge in [0.1, 0.15) is 6.10 Å². The molecule has 1 heterocycles. The van der Waals surface area contributed by atoms with Crippen LogP contribution in [0.4, 0.5) is 0 Å². The summed E-state index contributed by atoms with van der Waals surface area (Å²) in [4.78, 5) is 6.13. The van der Waals surface area contributed by atoms with Crippen LogP contribution in [-0.4, -0.2) is 22.4 Å². The highest BCUT2D eigenvalue weighted by Crippen LogP contribution is 2.37. The van der Waals surface area contributed by atoms with Crippen LogP contribution in [0.1, 0.15) is 43.4 Å². The largest absolute Gasteiger partial charge is 0.390 e. The average Bonchev–Trinajstić information content (AvgIpc) is 3.01. The predicted octanol–water partition coefficient (Wildman–Crippen LogP) is 4.09. The van der Waals surface area contributed by atoms with Crippen LogP contribution in [0.3, 0.4) is 0 Å². The van der Waals surface area contributed by atoms with Crippen molar-refractivity contribution in [2.45, 2.75) is 51.0 Å². The van der Waals surface area contributed by atoms with Crippen molar-refractivity contribution < 1.29 is 9.94 Å². The van der Waals surface area contributed by atoms with E-state index in [9.17, 15) is 5.11 Å². The molecule has 23 heavy (non-hydrogen) atoms. The lowest BCUT2D eigenvalue weighted by molar-refractivity contribution is -0.192. The minimum absolute atomic E-state index is 0.121. The van der Waals surface area contributed by atoms with Gasteiger partial charge in [0, 0.05) is 13.0 Å². The van der Waals surface area contributed by atoms with E-state index in [1.54, 1.807) is 0 Å². The molecule has 3 rings (SSSR count). The maximum absolute atomic E-state index is 10.3. The van der Waals surface area contributed by atoms with Gasteiger partial charge in [-0.2, -0.15) is 5.06 Å². The smallest absolute Gasteiger partial charge is 0.107 e. The van der Waals surface area contributed by atoms with Crippen molar-refractivity contribution in [2.24, 2.45) is 0 Å². The molecule has 0 radical (unpaired) electrons. The highest BCUT2D eigenvalue weighted by atomic mass is 16.7. The lowest BCUT2D eigenvalue weighted by Gasteiger charge is -2.23. The Balaban J connectivity index is 1.78. The topological polar surface area (TPSA) is 32.7 Å². The van der Waals surface area contributed by atoms with Crippen molar-refractivity contribution >= 4 is 0 Å². The summed E-state index contributed by atoms with van der Waals surface area (Å²) in [6.07, 6.45) is 2.06. The number of nitrogens with zero attached hydrogens (tertiary/aromatic N) is 1. The molecule has 0 saturated carbocycles. The maximum atomic E-state index is 10.3. The fourth-order valence-electron chi connectivity index (χ4n) is 3.23. The highest BCUT2D eigenvalue weighted by Gasteiger charge is 2.37. The molecule has 1 N–H and O–H groups in total. The standard InChI is InChI=1S/C20H25NO2/c1-2-9-19(22)20-14-18(17-12-7-4-8-13-17)21(23-20)15-16-10-5-3-6-11-16/h3-8,10-13,18-20,22H,2,9,14-15H2,1H3/t18-,19?,20+/m1/s1. The van der Waals surface area contributed by atoms with Crippen LogP contribution in [0.25, 0.3) is 0 Å². The fraction of sp³-hybridized carbons (Fsp3) is 0.400. The van der Waals surface area contributed by atoms with Crippen molar-refractivity contribution in [1.82, 2.24) is 5.06 Å². The molecule has 0 aliphatic carbocycles. The molecule has 1 fully saturated rings. The summed E-state index contributed by atoms with van der Waals surface area (Å²) in [7, 11) is 0. The van der Waals surface area contributed by atoms with Crippen LogP contribution in [0.15, 0.2) is 60.7 Å². The molecule has 3 heteroatoms. The van der Waals surface area contributed by atoms with Crippen LogP contribution in [0.5, 0.6) is 0 Å². The van der Waals surface area contributed by atoms with Gasteiger partial charge in [-0.05, 0) is 17.5 Å². The van der Waals surface area contributed by atoms with Crippen molar-refractivity contribution in [2.75, 3.05) is 0 Å². The fourth-order valence-corrected chi connectivity index (χ4v) is 3.23. The molecule has 0 amide bonds. The summed E-state index contributed by atoms with van der Waals surface area (Å²) >= 11 is 0. The number of hydrogen-bond donors (Lipinski definition) is 1. The monoisotopic (exact) mass is 311 g/mol. The van der Waals surface area contributed by atoms with Crippen molar-refractivity contribution in [3.63, 3.8) is 0 Å². The first-order valence-corrected chi connectivity index (χ1v) is 8.48. The third-order valence-electron chi connectivity index (χ3n) is 4.45. The van der Waals surface area contributed by atoms with E-state index < -0.39 is 6.10 Å². The second-order valence-corrected chi connectivity index (χ2v) is 6.22. The van der Waals surface area contributed by atoms with Crippen LogP contribution in [-0.2, 0) is 11.4 Å². The lowest BCUT2D eigenvalue weighted by atomic mass is 9.97. The zero-order chi connectivity index (χ0) is 16.1. The molecule has 0 bridgehead atoms. The van der Waals surface area contributed by atoms with Crippen LogP contribution >= 0.6 is 0 Å². The Morgan fingerprint density at radius 2 is 1.74 bits per heavy atom. The Morgan fingerprint density at radius 1 is 1.09 bits per heavy atom. The molecule has 1 aliphatic heterocycles. The molecule has 2 aromatic carbocycles. The van der Waals surface area contributed by atoms with E-state index >= 15 is 0 Å². The number of benzene rings is 2. The van der Waals surface area contributed by atoms with Gasteiger partial charge in [0.2, 0.25) is 0 Å². The average molecular weight is 311 g/mol. The summed E-state index contributed by atoms with van der Waals surface area (Å²) in [6, 6.07) is 21.0. The zero-order valence-corrected chi connectivity index (χ0v) is 13.6. The van der Waals surface area contributed by atoms with Gasteiger partial charge in [0.15, 0.2) is 0 Å². The van der Waals surface area contributed by atoms with Crippen LogP contribution < -0.4 is 0 Å². The maximum Gasteiger partial charge on any atom is 0.107 e. The van der Waals surface area contributed by atoms with E-state index in [0.29, 0.717) is 0 Å². The number of hydroxylamine groups is 2.